The maximum Gasteiger partial charge on any atom is 0.174 e. The standard InChI is InChI=1S/C17H18N2OS/c1-13(19-15-4-3-5-17(12-15)21-2)14-6-8-16(9-7-14)20-11-10-18/h3-9,12-13,19H,11H2,1-2H3. The van der Waals surface area contributed by atoms with Gasteiger partial charge in [-0.15, -0.1) is 11.8 Å². The van der Waals surface area contributed by atoms with Gasteiger partial charge in [0.25, 0.3) is 0 Å². The van der Waals surface area contributed by atoms with Crippen LogP contribution in [0.15, 0.2) is 53.4 Å². The minimum absolute atomic E-state index is 0.0780. The maximum atomic E-state index is 8.49. The quantitative estimate of drug-likeness (QED) is 0.798. The summed E-state index contributed by atoms with van der Waals surface area (Å²) in [6.45, 7) is 2.20. The summed E-state index contributed by atoms with van der Waals surface area (Å²) in [6, 6.07) is 18.3. The average molecular weight is 298 g/mol. The minimum Gasteiger partial charge on any atom is -0.479 e. The van der Waals surface area contributed by atoms with Gasteiger partial charge in [-0.05, 0) is 49.1 Å². The highest BCUT2D eigenvalue weighted by Gasteiger charge is 2.06. The molecule has 2 rings (SSSR count). The van der Waals surface area contributed by atoms with E-state index in [-0.39, 0.29) is 12.6 Å². The molecular weight excluding hydrogens is 280 g/mol. The fourth-order valence-corrected chi connectivity index (χ4v) is 2.47. The van der Waals surface area contributed by atoms with Crippen LogP contribution in [0.2, 0.25) is 0 Å². The number of ether oxygens (including phenoxy) is 1. The number of hydrogen-bond donors (Lipinski definition) is 1. The van der Waals surface area contributed by atoms with Crippen molar-refractivity contribution >= 4 is 17.4 Å². The first kappa shape index (κ1) is 15.3. The van der Waals surface area contributed by atoms with Crippen molar-refractivity contribution < 1.29 is 4.74 Å². The summed E-state index contributed by atoms with van der Waals surface area (Å²) in [6.07, 6.45) is 2.07. The average Bonchev–Trinajstić information content (AvgIpc) is 2.53. The Morgan fingerprint density at radius 1 is 1.24 bits per heavy atom. The molecule has 0 aliphatic heterocycles. The first-order valence-corrected chi connectivity index (χ1v) is 7.95. The zero-order chi connectivity index (χ0) is 15.1. The molecule has 1 unspecified atom stereocenters. The van der Waals surface area contributed by atoms with Crippen LogP contribution in [0.1, 0.15) is 18.5 Å². The molecule has 0 amide bonds. The predicted octanol–water partition coefficient (Wildman–Crippen LogP) is 4.48. The van der Waals surface area contributed by atoms with E-state index in [1.165, 1.54) is 10.5 Å². The number of rotatable bonds is 6. The van der Waals surface area contributed by atoms with Gasteiger partial charge < -0.3 is 10.1 Å². The molecule has 2 aromatic rings. The second-order valence-corrected chi connectivity index (χ2v) is 5.49. The Hall–Kier alpha value is -2.12. The number of anilines is 1. The number of benzene rings is 2. The summed E-state index contributed by atoms with van der Waals surface area (Å²) in [5, 5.41) is 12.0. The molecule has 0 aliphatic rings. The normalized spacial score (nSPS) is 11.5. The zero-order valence-corrected chi connectivity index (χ0v) is 13.0. The zero-order valence-electron chi connectivity index (χ0n) is 12.2. The highest BCUT2D eigenvalue weighted by molar-refractivity contribution is 7.98. The van der Waals surface area contributed by atoms with E-state index in [2.05, 4.69) is 42.8 Å². The number of nitriles is 1. The van der Waals surface area contributed by atoms with E-state index in [9.17, 15) is 0 Å². The number of hydrogen-bond acceptors (Lipinski definition) is 4. The highest BCUT2D eigenvalue weighted by atomic mass is 32.2. The lowest BCUT2D eigenvalue weighted by atomic mass is 10.1. The van der Waals surface area contributed by atoms with Gasteiger partial charge in [0.2, 0.25) is 0 Å². The largest absolute Gasteiger partial charge is 0.479 e. The molecule has 0 spiro atoms. The lowest BCUT2D eigenvalue weighted by molar-refractivity contribution is 0.368. The van der Waals surface area contributed by atoms with Gasteiger partial charge in [-0.1, -0.05) is 18.2 Å². The van der Waals surface area contributed by atoms with Gasteiger partial charge in [0.1, 0.15) is 11.8 Å². The highest BCUT2D eigenvalue weighted by Crippen LogP contribution is 2.24. The molecule has 0 aliphatic carbocycles. The third-order valence-electron chi connectivity index (χ3n) is 3.14. The summed E-state index contributed by atoms with van der Waals surface area (Å²) in [5.41, 5.74) is 2.29. The van der Waals surface area contributed by atoms with E-state index >= 15 is 0 Å². The van der Waals surface area contributed by atoms with Crippen LogP contribution < -0.4 is 10.1 Å². The molecule has 2 aromatic carbocycles. The van der Waals surface area contributed by atoms with E-state index in [1.54, 1.807) is 11.8 Å². The van der Waals surface area contributed by atoms with Crippen LogP contribution in [-0.4, -0.2) is 12.9 Å². The predicted molar refractivity (Wildman–Crippen MR) is 87.8 cm³/mol. The van der Waals surface area contributed by atoms with Crippen molar-refractivity contribution in [1.82, 2.24) is 0 Å². The molecule has 108 valence electrons. The monoisotopic (exact) mass is 298 g/mol. The van der Waals surface area contributed by atoms with Crippen LogP contribution in [0.3, 0.4) is 0 Å². The molecule has 0 heterocycles. The smallest absolute Gasteiger partial charge is 0.174 e. The van der Waals surface area contributed by atoms with Crippen LogP contribution in [0.25, 0.3) is 0 Å². The Bertz CT molecular complexity index is 619. The van der Waals surface area contributed by atoms with E-state index in [0.29, 0.717) is 0 Å². The Kier molecular flexibility index (Phi) is 5.53. The number of nitrogens with zero attached hydrogens (tertiary/aromatic N) is 1. The van der Waals surface area contributed by atoms with Crippen molar-refractivity contribution in [2.45, 2.75) is 17.9 Å². The molecule has 0 fully saturated rings. The van der Waals surface area contributed by atoms with E-state index < -0.39 is 0 Å². The molecule has 0 saturated carbocycles. The Balaban J connectivity index is 2.02. The van der Waals surface area contributed by atoms with Crippen molar-refractivity contribution in [2.75, 3.05) is 18.2 Å². The van der Waals surface area contributed by atoms with Crippen molar-refractivity contribution in [1.29, 1.82) is 5.26 Å². The van der Waals surface area contributed by atoms with Gasteiger partial charge in [0.05, 0.1) is 0 Å². The Morgan fingerprint density at radius 2 is 2.00 bits per heavy atom. The molecule has 1 N–H and O–H groups in total. The van der Waals surface area contributed by atoms with Crippen LogP contribution in [0.4, 0.5) is 5.69 Å². The third kappa shape index (κ3) is 4.44. The van der Waals surface area contributed by atoms with Gasteiger partial charge in [-0.3, -0.25) is 0 Å². The second kappa shape index (κ2) is 7.61. The van der Waals surface area contributed by atoms with Gasteiger partial charge in [0.15, 0.2) is 6.61 Å². The topological polar surface area (TPSA) is 45.0 Å². The van der Waals surface area contributed by atoms with Crippen molar-refractivity contribution in [3.05, 3.63) is 54.1 Å². The van der Waals surface area contributed by atoms with Crippen molar-refractivity contribution in [2.24, 2.45) is 0 Å². The van der Waals surface area contributed by atoms with Crippen LogP contribution >= 0.6 is 11.8 Å². The van der Waals surface area contributed by atoms with E-state index in [4.69, 9.17) is 10.00 Å². The lowest BCUT2D eigenvalue weighted by Gasteiger charge is -2.16. The number of nitrogens with one attached hydrogen (secondary N) is 1. The summed E-state index contributed by atoms with van der Waals surface area (Å²) in [7, 11) is 0. The maximum absolute atomic E-state index is 8.49. The molecule has 3 nitrogen and oxygen atoms in total. The van der Waals surface area contributed by atoms with Crippen molar-refractivity contribution in [3.63, 3.8) is 0 Å². The summed E-state index contributed by atoms with van der Waals surface area (Å²) in [5.74, 6) is 0.719. The Labute approximate surface area is 129 Å². The van der Waals surface area contributed by atoms with Gasteiger partial charge in [0, 0.05) is 16.6 Å². The molecule has 0 radical (unpaired) electrons. The molecular formula is C17H18N2OS. The lowest BCUT2D eigenvalue weighted by Crippen LogP contribution is -2.06. The van der Waals surface area contributed by atoms with Gasteiger partial charge in [-0.2, -0.15) is 5.26 Å². The fraction of sp³-hybridized carbons (Fsp3) is 0.235. The van der Waals surface area contributed by atoms with Crippen LogP contribution in [0.5, 0.6) is 5.75 Å². The molecule has 21 heavy (non-hydrogen) atoms. The summed E-state index contributed by atoms with van der Waals surface area (Å²) in [4.78, 5) is 1.24. The second-order valence-electron chi connectivity index (χ2n) is 4.61. The first-order valence-electron chi connectivity index (χ1n) is 6.73. The van der Waals surface area contributed by atoms with Crippen LogP contribution in [-0.2, 0) is 0 Å². The molecule has 1 atom stereocenters. The molecule has 0 aromatic heterocycles. The minimum atomic E-state index is 0.0780. The fourth-order valence-electron chi connectivity index (χ4n) is 2.01. The molecule has 0 saturated heterocycles. The van der Waals surface area contributed by atoms with Crippen molar-refractivity contribution in [3.8, 4) is 11.8 Å². The number of thioether (sulfide) groups is 1. The molecule has 0 bridgehead atoms. The van der Waals surface area contributed by atoms with E-state index in [0.717, 1.165) is 11.4 Å². The summed E-state index contributed by atoms with van der Waals surface area (Å²) >= 11 is 1.73. The third-order valence-corrected chi connectivity index (χ3v) is 3.86. The molecule has 4 heteroatoms. The Morgan fingerprint density at radius 3 is 2.67 bits per heavy atom. The summed E-state index contributed by atoms with van der Waals surface area (Å²) < 4.78 is 5.25. The van der Waals surface area contributed by atoms with E-state index in [1.807, 2.05) is 30.3 Å². The van der Waals surface area contributed by atoms with Gasteiger partial charge in [-0.25, -0.2) is 0 Å². The first-order chi connectivity index (χ1) is 10.2. The van der Waals surface area contributed by atoms with Crippen LogP contribution in [0, 0.1) is 11.3 Å². The van der Waals surface area contributed by atoms with Gasteiger partial charge >= 0.3 is 0 Å². The SMILES string of the molecule is CSc1cccc(NC(C)c2ccc(OCC#N)cc2)c1.